The second-order valence-corrected chi connectivity index (χ2v) is 5.81. The Bertz CT molecular complexity index is 924. The van der Waals surface area contributed by atoms with Crippen molar-refractivity contribution in [1.82, 2.24) is 24.8 Å². The molecule has 0 aromatic carbocycles. The first-order valence-electron chi connectivity index (χ1n) is 7.95. The number of aryl methyl sites for hydroxylation is 1. The van der Waals surface area contributed by atoms with E-state index in [1.807, 2.05) is 24.3 Å². The normalized spacial score (nSPS) is 15.0. The minimum absolute atomic E-state index is 0.173. The van der Waals surface area contributed by atoms with Gasteiger partial charge in [0.2, 0.25) is 0 Å². The number of pyridine rings is 2. The SMILES string of the molecule is Cn1c(=O)[nH]c2nc(Nc3cc(N4CCNCC4)ccn3)ccc21. The Labute approximate surface area is 138 Å². The van der Waals surface area contributed by atoms with E-state index in [9.17, 15) is 4.79 Å². The molecular formula is C16H19N7O. The van der Waals surface area contributed by atoms with Gasteiger partial charge in [0.05, 0.1) is 5.52 Å². The van der Waals surface area contributed by atoms with Crippen molar-refractivity contribution in [2.75, 3.05) is 36.4 Å². The molecule has 24 heavy (non-hydrogen) atoms. The van der Waals surface area contributed by atoms with Crippen LogP contribution >= 0.6 is 0 Å². The van der Waals surface area contributed by atoms with Crippen LogP contribution in [0.15, 0.2) is 35.3 Å². The highest BCUT2D eigenvalue weighted by molar-refractivity contribution is 5.74. The number of nitrogens with one attached hydrogen (secondary N) is 3. The molecule has 4 heterocycles. The molecule has 1 aliphatic heterocycles. The lowest BCUT2D eigenvalue weighted by Crippen LogP contribution is -2.43. The number of rotatable bonds is 3. The lowest BCUT2D eigenvalue weighted by Gasteiger charge is -2.29. The lowest BCUT2D eigenvalue weighted by molar-refractivity contribution is 0.589. The minimum atomic E-state index is -0.173. The van der Waals surface area contributed by atoms with E-state index in [2.05, 4.69) is 30.5 Å². The summed E-state index contributed by atoms with van der Waals surface area (Å²) in [7, 11) is 1.72. The fourth-order valence-electron chi connectivity index (χ4n) is 2.92. The van der Waals surface area contributed by atoms with E-state index in [0.717, 1.165) is 43.2 Å². The van der Waals surface area contributed by atoms with Crippen LogP contribution in [0.3, 0.4) is 0 Å². The monoisotopic (exact) mass is 325 g/mol. The molecule has 0 bridgehead atoms. The molecule has 8 heteroatoms. The molecule has 1 aliphatic rings. The Morgan fingerprint density at radius 2 is 2.00 bits per heavy atom. The lowest BCUT2D eigenvalue weighted by atomic mass is 10.3. The number of piperazine rings is 1. The number of imidazole rings is 1. The molecule has 1 saturated heterocycles. The highest BCUT2D eigenvalue weighted by Gasteiger charge is 2.11. The maximum Gasteiger partial charge on any atom is 0.327 e. The van der Waals surface area contributed by atoms with Crippen LogP contribution in [-0.4, -0.2) is 45.7 Å². The predicted octanol–water partition coefficient (Wildman–Crippen LogP) is 0.810. The number of H-pyrrole nitrogens is 1. The molecule has 8 nitrogen and oxygen atoms in total. The molecule has 4 rings (SSSR count). The first-order chi connectivity index (χ1) is 11.7. The zero-order chi connectivity index (χ0) is 16.5. The number of nitrogens with zero attached hydrogens (tertiary/aromatic N) is 4. The van der Waals surface area contributed by atoms with Crippen molar-refractivity contribution in [2.45, 2.75) is 0 Å². The Morgan fingerprint density at radius 3 is 2.83 bits per heavy atom. The van der Waals surface area contributed by atoms with Gasteiger partial charge in [0.15, 0.2) is 5.65 Å². The summed E-state index contributed by atoms with van der Waals surface area (Å²) in [5, 5.41) is 6.56. The topological polar surface area (TPSA) is 90.9 Å². The number of aromatic amines is 1. The van der Waals surface area contributed by atoms with E-state index in [1.54, 1.807) is 13.2 Å². The third-order valence-corrected chi connectivity index (χ3v) is 4.25. The van der Waals surface area contributed by atoms with Gasteiger partial charge in [0.25, 0.3) is 0 Å². The summed E-state index contributed by atoms with van der Waals surface area (Å²) < 4.78 is 1.54. The van der Waals surface area contributed by atoms with Crippen LogP contribution < -0.4 is 21.2 Å². The van der Waals surface area contributed by atoms with Crippen LogP contribution in [-0.2, 0) is 7.05 Å². The van der Waals surface area contributed by atoms with Gasteiger partial charge in [-0.25, -0.2) is 14.8 Å². The van der Waals surface area contributed by atoms with Gasteiger partial charge in [-0.1, -0.05) is 0 Å². The van der Waals surface area contributed by atoms with E-state index in [1.165, 1.54) is 4.57 Å². The fourth-order valence-corrected chi connectivity index (χ4v) is 2.92. The molecule has 3 aromatic heterocycles. The summed E-state index contributed by atoms with van der Waals surface area (Å²) in [6.45, 7) is 3.95. The van der Waals surface area contributed by atoms with Gasteiger partial charge in [0, 0.05) is 51.2 Å². The average Bonchev–Trinajstić information content (AvgIpc) is 2.90. The number of anilines is 3. The molecule has 0 amide bonds. The number of fused-ring (bicyclic) bond motifs is 1. The largest absolute Gasteiger partial charge is 0.369 e. The van der Waals surface area contributed by atoms with Crippen LogP contribution in [0.4, 0.5) is 17.3 Å². The van der Waals surface area contributed by atoms with Crippen LogP contribution in [0.5, 0.6) is 0 Å². The molecule has 0 unspecified atom stereocenters. The van der Waals surface area contributed by atoms with Crippen LogP contribution in [0, 0.1) is 0 Å². The van der Waals surface area contributed by atoms with Gasteiger partial charge >= 0.3 is 5.69 Å². The summed E-state index contributed by atoms with van der Waals surface area (Å²) in [4.78, 5) is 25.5. The summed E-state index contributed by atoms with van der Waals surface area (Å²) in [5.74, 6) is 1.38. The third-order valence-electron chi connectivity index (χ3n) is 4.25. The third kappa shape index (κ3) is 2.71. The molecule has 0 spiro atoms. The molecule has 3 aromatic rings. The summed E-state index contributed by atoms with van der Waals surface area (Å²) >= 11 is 0. The zero-order valence-electron chi connectivity index (χ0n) is 13.4. The quantitative estimate of drug-likeness (QED) is 0.660. The Kier molecular flexibility index (Phi) is 3.66. The molecule has 0 atom stereocenters. The molecule has 1 fully saturated rings. The maximum absolute atomic E-state index is 11.7. The fraction of sp³-hybridized carbons (Fsp3) is 0.312. The van der Waals surface area contributed by atoms with Gasteiger partial charge < -0.3 is 15.5 Å². The standard InChI is InChI=1S/C16H19N7O/c1-22-12-2-3-13(20-15(12)21-16(22)24)19-14-10-11(4-5-18-14)23-8-6-17-7-9-23/h2-5,10,17H,6-9H2,1H3,(H2,18,19,20,21,24). The van der Waals surface area contributed by atoms with Gasteiger partial charge in [0.1, 0.15) is 11.6 Å². The average molecular weight is 325 g/mol. The Morgan fingerprint density at radius 1 is 1.17 bits per heavy atom. The zero-order valence-corrected chi connectivity index (χ0v) is 13.4. The molecule has 124 valence electrons. The summed E-state index contributed by atoms with van der Waals surface area (Å²) in [6.07, 6.45) is 1.79. The van der Waals surface area contributed by atoms with Gasteiger partial charge in [-0.2, -0.15) is 0 Å². The summed E-state index contributed by atoms with van der Waals surface area (Å²) in [6, 6.07) is 7.74. The Hall–Kier alpha value is -2.87. The Balaban J connectivity index is 1.59. The van der Waals surface area contributed by atoms with Gasteiger partial charge in [-0.05, 0) is 18.2 Å². The molecule has 0 radical (unpaired) electrons. The van der Waals surface area contributed by atoms with E-state index < -0.39 is 0 Å². The van der Waals surface area contributed by atoms with E-state index >= 15 is 0 Å². The van der Waals surface area contributed by atoms with E-state index in [4.69, 9.17) is 0 Å². The van der Waals surface area contributed by atoms with Crippen LogP contribution in [0.1, 0.15) is 0 Å². The highest BCUT2D eigenvalue weighted by atomic mass is 16.1. The minimum Gasteiger partial charge on any atom is -0.369 e. The van der Waals surface area contributed by atoms with Crippen molar-refractivity contribution in [3.05, 3.63) is 40.9 Å². The van der Waals surface area contributed by atoms with E-state index in [-0.39, 0.29) is 5.69 Å². The molecule has 0 saturated carbocycles. The van der Waals surface area contributed by atoms with Gasteiger partial charge in [-0.15, -0.1) is 0 Å². The van der Waals surface area contributed by atoms with Crippen molar-refractivity contribution >= 4 is 28.5 Å². The van der Waals surface area contributed by atoms with Crippen molar-refractivity contribution in [1.29, 1.82) is 0 Å². The smallest absolute Gasteiger partial charge is 0.327 e. The number of hydrogen-bond acceptors (Lipinski definition) is 6. The number of hydrogen-bond donors (Lipinski definition) is 3. The van der Waals surface area contributed by atoms with Crippen molar-refractivity contribution in [3.63, 3.8) is 0 Å². The van der Waals surface area contributed by atoms with Crippen LogP contribution in [0.25, 0.3) is 11.2 Å². The first kappa shape index (κ1) is 14.7. The van der Waals surface area contributed by atoms with Crippen molar-refractivity contribution in [2.24, 2.45) is 7.05 Å². The molecular weight excluding hydrogens is 306 g/mol. The summed E-state index contributed by atoms with van der Waals surface area (Å²) in [5.41, 5.74) is 2.30. The predicted molar refractivity (Wildman–Crippen MR) is 93.9 cm³/mol. The van der Waals surface area contributed by atoms with Crippen molar-refractivity contribution < 1.29 is 0 Å². The van der Waals surface area contributed by atoms with Crippen LogP contribution in [0.2, 0.25) is 0 Å². The first-order valence-corrected chi connectivity index (χ1v) is 7.95. The van der Waals surface area contributed by atoms with E-state index in [0.29, 0.717) is 11.5 Å². The molecule has 3 N–H and O–H groups in total. The maximum atomic E-state index is 11.7. The number of aromatic nitrogens is 4. The van der Waals surface area contributed by atoms with Gasteiger partial charge in [-0.3, -0.25) is 9.55 Å². The highest BCUT2D eigenvalue weighted by Crippen LogP contribution is 2.21. The second-order valence-electron chi connectivity index (χ2n) is 5.81. The molecule has 0 aliphatic carbocycles. The second kappa shape index (κ2) is 5.97. The van der Waals surface area contributed by atoms with Crippen molar-refractivity contribution in [3.8, 4) is 0 Å².